The number of sulfonamides is 1. The summed E-state index contributed by atoms with van der Waals surface area (Å²) in [5, 5.41) is 2.76. The van der Waals surface area contributed by atoms with Gasteiger partial charge in [-0.25, -0.2) is 8.42 Å². The molecule has 6 heteroatoms. The quantitative estimate of drug-likeness (QED) is 0.865. The molecule has 0 aromatic heterocycles. The van der Waals surface area contributed by atoms with Crippen molar-refractivity contribution in [3.05, 3.63) is 35.4 Å². The van der Waals surface area contributed by atoms with Crippen LogP contribution in [0.1, 0.15) is 43.7 Å². The van der Waals surface area contributed by atoms with Crippen molar-refractivity contribution in [2.45, 2.75) is 51.3 Å². The minimum absolute atomic E-state index is 0.00888. The third-order valence-electron chi connectivity index (χ3n) is 4.21. The van der Waals surface area contributed by atoms with Crippen LogP contribution in [0.2, 0.25) is 0 Å². The van der Waals surface area contributed by atoms with Gasteiger partial charge in [0, 0.05) is 26.1 Å². The van der Waals surface area contributed by atoms with Crippen molar-refractivity contribution in [2.75, 3.05) is 13.1 Å². The molecule has 1 aliphatic rings. The maximum absolute atomic E-state index is 12.8. The number of benzene rings is 1. The Morgan fingerprint density at radius 3 is 2.83 bits per heavy atom. The first-order valence-electron chi connectivity index (χ1n) is 8.18. The Morgan fingerprint density at radius 1 is 1.35 bits per heavy atom. The minimum atomic E-state index is -3.33. The Kier molecular flexibility index (Phi) is 6.18. The number of hydrogen-bond donors (Lipinski definition) is 1. The second-order valence-electron chi connectivity index (χ2n) is 6.28. The largest absolute Gasteiger partial charge is 0.356 e. The molecule has 1 atom stereocenters. The number of nitrogens with one attached hydrogen (secondary N) is 1. The fourth-order valence-corrected chi connectivity index (χ4v) is 4.98. The molecule has 1 saturated heterocycles. The Labute approximate surface area is 139 Å². The number of rotatable bonds is 6. The SMILES string of the molecule is CC(=O)NCCC1CCCCN1S(=O)(=O)Cc1cccc(C)c1. The first kappa shape index (κ1) is 17.9. The van der Waals surface area contributed by atoms with Crippen LogP contribution in [0.3, 0.4) is 0 Å². The highest BCUT2D eigenvalue weighted by atomic mass is 32.2. The van der Waals surface area contributed by atoms with Crippen molar-refractivity contribution < 1.29 is 13.2 Å². The fourth-order valence-electron chi connectivity index (χ4n) is 3.14. The molecule has 1 N–H and O–H groups in total. The normalized spacial score (nSPS) is 19.5. The van der Waals surface area contributed by atoms with Crippen LogP contribution in [0.15, 0.2) is 24.3 Å². The van der Waals surface area contributed by atoms with E-state index >= 15 is 0 Å². The van der Waals surface area contributed by atoms with Crippen molar-refractivity contribution >= 4 is 15.9 Å². The van der Waals surface area contributed by atoms with Crippen molar-refractivity contribution in [2.24, 2.45) is 0 Å². The Bertz CT molecular complexity index is 643. The van der Waals surface area contributed by atoms with Crippen LogP contribution in [-0.4, -0.2) is 37.8 Å². The Balaban J connectivity index is 2.06. The van der Waals surface area contributed by atoms with Gasteiger partial charge in [-0.1, -0.05) is 36.2 Å². The highest BCUT2D eigenvalue weighted by Crippen LogP contribution is 2.25. The van der Waals surface area contributed by atoms with E-state index in [0.717, 1.165) is 30.4 Å². The van der Waals surface area contributed by atoms with Crippen LogP contribution >= 0.6 is 0 Å². The zero-order chi connectivity index (χ0) is 16.9. The van der Waals surface area contributed by atoms with E-state index in [9.17, 15) is 13.2 Å². The molecule has 23 heavy (non-hydrogen) atoms. The average Bonchev–Trinajstić information content (AvgIpc) is 2.47. The third kappa shape index (κ3) is 5.32. The highest BCUT2D eigenvalue weighted by molar-refractivity contribution is 7.88. The molecule has 5 nitrogen and oxygen atoms in total. The van der Waals surface area contributed by atoms with E-state index in [1.807, 2.05) is 31.2 Å². The molecule has 0 aliphatic carbocycles. The lowest BCUT2D eigenvalue weighted by atomic mass is 10.0. The van der Waals surface area contributed by atoms with E-state index in [2.05, 4.69) is 5.32 Å². The second-order valence-corrected chi connectivity index (χ2v) is 8.20. The van der Waals surface area contributed by atoms with Gasteiger partial charge in [-0.2, -0.15) is 4.31 Å². The summed E-state index contributed by atoms with van der Waals surface area (Å²) < 4.78 is 27.3. The number of aryl methyl sites for hydroxylation is 1. The monoisotopic (exact) mass is 338 g/mol. The number of carbonyl (C=O) groups excluding carboxylic acids is 1. The second kappa shape index (κ2) is 7.93. The van der Waals surface area contributed by atoms with Crippen LogP contribution in [0.4, 0.5) is 0 Å². The maximum atomic E-state index is 12.8. The van der Waals surface area contributed by atoms with Gasteiger partial charge in [0.15, 0.2) is 0 Å². The summed E-state index contributed by atoms with van der Waals surface area (Å²) in [6.07, 6.45) is 3.49. The summed E-state index contributed by atoms with van der Waals surface area (Å²) in [6.45, 7) is 4.55. The molecule has 0 spiro atoms. The highest BCUT2D eigenvalue weighted by Gasteiger charge is 2.31. The Morgan fingerprint density at radius 2 is 2.13 bits per heavy atom. The summed E-state index contributed by atoms with van der Waals surface area (Å²) in [6, 6.07) is 7.64. The third-order valence-corrected chi connectivity index (χ3v) is 6.11. The molecular weight excluding hydrogens is 312 g/mol. The molecule has 0 radical (unpaired) electrons. The van der Waals surface area contributed by atoms with Gasteiger partial charge in [0.25, 0.3) is 0 Å². The van der Waals surface area contributed by atoms with Crippen molar-refractivity contribution in [3.8, 4) is 0 Å². The predicted octanol–water partition coefficient (Wildman–Crippen LogP) is 2.21. The maximum Gasteiger partial charge on any atom is 0.218 e. The molecule has 128 valence electrons. The standard InChI is InChI=1S/C17H26N2O3S/c1-14-6-5-7-16(12-14)13-23(21,22)19-11-4-3-8-17(19)9-10-18-15(2)20/h5-7,12,17H,3-4,8-11,13H2,1-2H3,(H,18,20). The van der Waals surface area contributed by atoms with Gasteiger partial charge in [-0.3, -0.25) is 4.79 Å². The number of nitrogens with zero attached hydrogens (tertiary/aromatic N) is 1. The first-order valence-corrected chi connectivity index (χ1v) is 9.79. The topological polar surface area (TPSA) is 66.5 Å². The Hall–Kier alpha value is -1.40. The van der Waals surface area contributed by atoms with E-state index < -0.39 is 10.0 Å². The zero-order valence-corrected chi connectivity index (χ0v) is 14.7. The van der Waals surface area contributed by atoms with E-state index in [-0.39, 0.29) is 17.7 Å². The van der Waals surface area contributed by atoms with E-state index in [0.29, 0.717) is 19.5 Å². The van der Waals surface area contributed by atoms with Gasteiger partial charge in [-0.05, 0) is 31.7 Å². The fraction of sp³-hybridized carbons (Fsp3) is 0.588. The lowest BCUT2D eigenvalue weighted by Gasteiger charge is -2.34. The predicted molar refractivity (Wildman–Crippen MR) is 91.4 cm³/mol. The molecule has 2 rings (SSSR count). The van der Waals surface area contributed by atoms with Crippen LogP contribution in [-0.2, 0) is 20.6 Å². The van der Waals surface area contributed by atoms with Crippen LogP contribution in [0, 0.1) is 6.92 Å². The molecule has 1 aliphatic heterocycles. The molecule has 0 bridgehead atoms. The minimum Gasteiger partial charge on any atom is -0.356 e. The van der Waals surface area contributed by atoms with Crippen LogP contribution in [0.5, 0.6) is 0 Å². The lowest BCUT2D eigenvalue weighted by Crippen LogP contribution is -2.45. The number of piperidine rings is 1. The van der Waals surface area contributed by atoms with Gasteiger partial charge in [0.1, 0.15) is 0 Å². The van der Waals surface area contributed by atoms with Gasteiger partial charge in [0.2, 0.25) is 15.9 Å². The molecule has 1 amide bonds. The summed E-state index contributed by atoms with van der Waals surface area (Å²) in [4.78, 5) is 11.0. The van der Waals surface area contributed by atoms with Gasteiger partial charge in [-0.15, -0.1) is 0 Å². The smallest absolute Gasteiger partial charge is 0.218 e. The lowest BCUT2D eigenvalue weighted by molar-refractivity contribution is -0.119. The van der Waals surface area contributed by atoms with Gasteiger partial charge >= 0.3 is 0 Å². The molecule has 0 saturated carbocycles. The van der Waals surface area contributed by atoms with Gasteiger partial charge in [0.05, 0.1) is 5.75 Å². The molecule has 1 heterocycles. The van der Waals surface area contributed by atoms with Crippen molar-refractivity contribution in [1.82, 2.24) is 9.62 Å². The van der Waals surface area contributed by atoms with E-state index in [4.69, 9.17) is 0 Å². The van der Waals surface area contributed by atoms with Crippen molar-refractivity contribution in [1.29, 1.82) is 0 Å². The number of carbonyl (C=O) groups is 1. The van der Waals surface area contributed by atoms with Crippen molar-refractivity contribution in [3.63, 3.8) is 0 Å². The average molecular weight is 338 g/mol. The van der Waals surface area contributed by atoms with E-state index in [1.165, 1.54) is 6.92 Å². The molecule has 1 unspecified atom stereocenters. The number of hydrogen-bond acceptors (Lipinski definition) is 3. The summed E-state index contributed by atoms with van der Waals surface area (Å²) >= 11 is 0. The van der Waals surface area contributed by atoms with E-state index in [1.54, 1.807) is 4.31 Å². The molecule has 1 fully saturated rings. The first-order chi connectivity index (χ1) is 10.9. The molecular formula is C17H26N2O3S. The molecule has 1 aromatic rings. The molecule has 1 aromatic carbocycles. The summed E-state index contributed by atoms with van der Waals surface area (Å²) in [5.74, 6) is -0.0272. The van der Waals surface area contributed by atoms with Gasteiger partial charge < -0.3 is 5.32 Å². The summed E-state index contributed by atoms with van der Waals surface area (Å²) in [7, 11) is -3.33. The van der Waals surface area contributed by atoms with Crippen LogP contribution in [0.25, 0.3) is 0 Å². The number of amides is 1. The summed E-state index contributed by atoms with van der Waals surface area (Å²) in [5.41, 5.74) is 1.90. The van der Waals surface area contributed by atoms with Crippen LogP contribution < -0.4 is 5.32 Å². The zero-order valence-electron chi connectivity index (χ0n) is 13.9.